The Morgan fingerprint density at radius 3 is 2.32 bits per heavy atom. The maximum Gasteiger partial charge on any atom is 0.322 e. The highest BCUT2D eigenvalue weighted by molar-refractivity contribution is 7.92. The van der Waals surface area contributed by atoms with Crippen LogP contribution in [0, 0.1) is 12.8 Å². The van der Waals surface area contributed by atoms with Gasteiger partial charge < -0.3 is 5.11 Å². The van der Waals surface area contributed by atoms with Gasteiger partial charge in [-0.15, -0.1) is 0 Å². The second-order valence-corrected chi connectivity index (χ2v) is 7.28. The Kier molecular flexibility index (Phi) is 4.63. The highest BCUT2D eigenvalue weighted by atomic mass is 35.5. The van der Waals surface area contributed by atoms with E-state index in [0.717, 1.165) is 0 Å². The zero-order chi connectivity index (χ0) is 15.0. The van der Waals surface area contributed by atoms with Gasteiger partial charge in [-0.2, -0.15) is 5.10 Å². The van der Waals surface area contributed by atoms with Crippen molar-refractivity contribution in [1.82, 2.24) is 9.78 Å². The Hall–Kier alpha value is -1.08. The van der Waals surface area contributed by atoms with E-state index in [1.807, 2.05) is 0 Å². The first-order chi connectivity index (χ1) is 8.58. The van der Waals surface area contributed by atoms with Gasteiger partial charge in [-0.1, -0.05) is 25.4 Å². The van der Waals surface area contributed by atoms with Crippen molar-refractivity contribution in [2.45, 2.75) is 31.8 Å². The fourth-order valence-electron chi connectivity index (χ4n) is 1.97. The van der Waals surface area contributed by atoms with E-state index in [4.69, 9.17) is 16.7 Å². The lowest BCUT2D eigenvalue weighted by Gasteiger charge is -2.17. The van der Waals surface area contributed by atoms with Crippen molar-refractivity contribution < 1.29 is 18.3 Å². The molecule has 1 unspecified atom stereocenters. The summed E-state index contributed by atoms with van der Waals surface area (Å²) in [6.07, 6.45) is 0. The van der Waals surface area contributed by atoms with Gasteiger partial charge in [0.2, 0.25) is 0 Å². The molecule has 0 saturated carbocycles. The maximum absolute atomic E-state index is 12.2. The Labute approximate surface area is 117 Å². The molecule has 0 bridgehead atoms. The van der Waals surface area contributed by atoms with Crippen LogP contribution < -0.4 is 0 Å². The fourth-order valence-corrected chi connectivity index (χ4v) is 4.31. The van der Waals surface area contributed by atoms with E-state index in [-0.39, 0.29) is 5.02 Å². The second-order valence-electron chi connectivity index (χ2n) is 4.78. The molecule has 0 aliphatic heterocycles. The lowest BCUT2D eigenvalue weighted by molar-refractivity contribution is -0.137. The third-order valence-corrected chi connectivity index (χ3v) is 5.52. The first-order valence-corrected chi connectivity index (χ1v) is 7.79. The quantitative estimate of drug-likeness (QED) is 0.888. The summed E-state index contributed by atoms with van der Waals surface area (Å²) in [7, 11) is -2.27. The summed E-state index contributed by atoms with van der Waals surface area (Å²) in [4.78, 5) is 11.1. The highest BCUT2D eigenvalue weighted by Crippen LogP contribution is 2.25. The molecule has 0 aromatic carbocycles. The number of hydrogen-bond acceptors (Lipinski definition) is 4. The number of aryl methyl sites for hydroxylation is 2. The van der Waals surface area contributed by atoms with Gasteiger partial charge >= 0.3 is 5.97 Å². The number of sulfone groups is 1. The molecule has 1 aromatic heterocycles. The molecule has 19 heavy (non-hydrogen) atoms. The maximum atomic E-state index is 12.2. The third kappa shape index (κ3) is 3.27. The number of nitrogens with zero attached hydrogens (tertiary/aromatic N) is 2. The number of rotatable bonds is 5. The first kappa shape index (κ1) is 16.0. The van der Waals surface area contributed by atoms with Crippen molar-refractivity contribution in [3.63, 3.8) is 0 Å². The van der Waals surface area contributed by atoms with E-state index < -0.39 is 32.7 Å². The van der Waals surface area contributed by atoms with Crippen LogP contribution in [0.2, 0.25) is 5.02 Å². The van der Waals surface area contributed by atoms with Crippen LogP contribution in [0.1, 0.15) is 25.2 Å². The van der Waals surface area contributed by atoms with Gasteiger partial charge in [0.25, 0.3) is 0 Å². The topological polar surface area (TPSA) is 89.3 Å². The zero-order valence-electron chi connectivity index (χ0n) is 11.2. The Balaban J connectivity index is 3.19. The van der Waals surface area contributed by atoms with Crippen LogP contribution in [0.4, 0.5) is 0 Å². The fraction of sp³-hybridized carbons (Fsp3) is 0.636. The molecule has 1 N–H and O–H groups in total. The number of aliphatic carboxylic acids is 1. The number of carbonyl (C=O) groups is 1. The average Bonchev–Trinajstić information content (AvgIpc) is 2.42. The normalized spacial score (nSPS) is 13.8. The summed E-state index contributed by atoms with van der Waals surface area (Å²) in [5.74, 6) is -2.29. The summed E-state index contributed by atoms with van der Waals surface area (Å²) < 4.78 is 25.8. The summed E-state index contributed by atoms with van der Waals surface area (Å²) in [6, 6.07) is 0. The molecule has 1 heterocycles. The lowest BCUT2D eigenvalue weighted by Crippen LogP contribution is -2.36. The minimum atomic E-state index is -3.85. The standard InChI is InChI=1S/C11H17ClN2O4S/c1-6(2)10(11(15)16)19(17,18)5-8-9(12)7(3)13-14(8)4/h6,10H,5H2,1-4H3,(H,15,16). The highest BCUT2D eigenvalue weighted by Gasteiger charge is 2.36. The molecule has 0 aliphatic rings. The van der Waals surface area contributed by atoms with Crippen molar-refractivity contribution in [1.29, 1.82) is 0 Å². The molecule has 1 aromatic rings. The van der Waals surface area contributed by atoms with Gasteiger partial charge in [-0.05, 0) is 12.8 Å². The van der Waals surface area contributed by atoms with Crippen LogP contribution in [-0.2, 0) is 27.4 Å². The van der Waals surface area contributed by atoms with Crippen molar-refractivity contribution in [2.75, 3.05) is 0 Å². The zero-order valence-corrected chi connectivity index (χ0v) is 12.8. The molecule has 8 heteroatoms. The van der Waals surface area contributed by atoms with E-state index in [2.05, 4.69) is 5.10 Å². The monoisotopic (exact) mass is 308 g/mol. The van der Waals surface area contributed by atoms with E-state index in [9.17, 15) is 13.2 Å². The number of hydrogen-bond donors (Lipinski definition) is 1. The molecule has 1 rings (SSSR count). The molecule has 0 saturated heterocycles. The van der Waals surface area contributed by atoms with Crippen LogP contribution in [0.15, 0.2) is 0 Å². The summed E-state index contributed by atoms with van der Waals surface area (Å²) in [5, 5.41) is 11.9. The molecule has 0 aliphatic carbocycles. The molecule has 0 amide bonds. The smallest absolute Gasteiger partial charge is 0.322 e. The Morgan fingerprint density at radius 1 is 1.47 bits per heavy atom. The van der Waals surface area contributed by atoms with Crippen molar-refractivity contribution in [2.24, 2.45) is 13.0 Å². The van der Waals surface area contributed by atoms with Gasteiger partial charge in [0.15, 0.2) is 15.1 Å². The molecular formula is C11H17ClN2O4S. The van der Waals surface area contributed by atoms with Crippen LogP contribution in [0.25, 0.3) is 0 Å². The Bertz CT molecular complexity index is 592. The van der Waals surface area contributed by atoms with Crippen molar-refractivity contribution in [3.05, 3.63) is 16.4 Å². The van der Waals surface area contributed by atoms with Crippen molar-refractivity contribution >= 4 is 27.4 Å². The number of carboxylic acid groups (broad SMARTS) is 1. The van der Waals surface area contributed by atoms with Gasteiger partial charge in [0, 0.05) is 7.05 Å². The van der Waals surface area contributed by atoms with E-state index >= 15 is 0 Å². The van der Waals surface area contributed by atoms with E-state index in [1.165, 1.54) is 4.68 Å². The third-order valence-electron chi connectivity index (χ3n) is 2.84. The molecule has 0 fully saturated rings. The minimum absolute atomic E-state index is 0.263. The molecular weight excluding hydrogens is 292 g/mol. The first-order valence-electron chi connectivity index (χ1n) is 5.70. The minimum Gasteiger partial charge on any atom is -0.480 e. The van der Waals surface area contributed by atoms with Crippen molar-refractivity contribution in [3.8, 4) is 0 Å². The number of aromatic nitrogens is 2. The summed E-state index contributed by atoms with van der Waals surface area (Å²) >= 11 is 5.99. The van der Waals surface area contributed by atoms with Gasteiger partial charge in [0.05, 0.1) is 22.2 Å². The van der Waals surface area contributed by atoms with Crippen LogP contribution >= 0.6 is 11.6 Å². The lowest BCUT2D eigenvalue weighted by atomic mass is 10.1. The van der Waals surface area contributed by atoms with E-state index in [1.54, 1.807) is 27.8 Å². The summed E-state index contributed by atoms with van der Waals surface area (Å²) in [5.41, 5.74) is 0.830. The summed E-state index contributed by atoms with van der Waals surface area (Å²) in [6.45, 7) is 4.79. The second kappa shape index (κ2) is 5.50. The number of carboxylic acids is 1. The predicted octanol–water partition coefficient (Wildman–Crippen LogP) is 1.41. The SMILES string of the molecule is Cc1nn(C)c(CS(=O)(=O)C(C(=O)O)C(C)C)c1Cl. The molecule has 1 atom stereocenters. The van der Waals surface area contributed by atoms with Gasteiger partial charge in [-0.25, -0.2) is 8.42 Å². The molecule has 108 valence electrons. The molecule has 6 nitrogen and oxygen atoms in total. The number of halogens is 1. The van der Waals surface area contributed by atoms with Crippen LogP contribution in [0.3, 0.4) is 0 Å². The largest absolute Gasteiger partial charge is 0.480 e. The van der Waals surface area contributed by atoms with Crippen LogP contribution in [-0.4, -0.2) is 34.5 Å². The van der Waals surface area contributed by atoms with E-state index in [0.29, 0.717) is 11.4 Å². The molecule has 0 radical (unpaired) electrons. The van der Waals surface area contributed by atoms with Gasteiger partial charge in [-0.3, -0.25) is 9.48 Å². The van der Waals surface area contributed by atoms with Gasteiger partial charge in [0.1, 0.15) is 0 Å². The average molecular weight is 309 g/mol. The molecule has 0 spiro atoms. The Morgan fingerprint density at radius 2 is 2.00 bits per heavy atom. The van der Waals surface area contributed by atoms with Crippen LogP contribution in [0.5, 0.6) is 0 Å². The predicted molar refractivity (Wildman–Crippen MR) is 71.8 cm³/mol.